The lowest BCUT2D eigenvalue weighted by Crippen LogP contribution is -2.29. The first-order valence-electron chi connectivity index (χ1n) is 7.38. The predicted molar refractivity (Wildman–Crippen MR) is 87.7 cm³/mol. The Bertz CT molecular complexity index is 624. The van der Waals surface area contributed by atoms with Crippen molar-refractivity contribution < 1.29 is 0 Å². The highest BCUT2D eigenvalue weighted by atomic mass is 35.5. The number of aromatic nitrogens is 2. The molecule has 5 heteroatoms. The largest absolute Gasteiger partial charge is 0.330 e. The van der Waals surface area contributed by atoms with Crippen molar-refractivity contribution in [1.29, 1.82) is 0 Å². The summed E-state index contributed by atoms with van der Waals surface area (Å²) in [5.74, 6) is 0.504. The van der Waals surface area contributed by atoms with Crippen LogP contribution in [-0.2, 0) is 0 Å². The highest BCUT2D eigenvalue weighted by Gasteiger charge is 2.27. The third-order valence-corrected chi connectivity index (χ3v) is 4.96. The molecule has 2 unspecified atom stereocenters. The Labute approximate surface area is 135 Å². The van der Waals surface area contributed by atoms with Gasteiger partial charge in [-0.3, -0.25) is 0 Å². The van der Waals surface area contributed by atoms with Crippen molar-refractivity contribution in [2.45, 2.75) is 31.7 Å². The molecule has 0 spiro atoms. The highest BCUT2D eigenvalue weighted by Crippen LogP contribution is 2.38. The monoisotopic (exact) mass is 323 g/mol. The molecular weight excluding hydrogens is 305 g/mol. The van der Waals surface area contributed by atoms with Crippen LogP contribution in [-0.4, -0.2) is 16.1 Å². The first-order chi connectivity index (χ1) is 10.2. The fraction of sp³-hybridized carbons (Fsp3) is 0.438. The molecule has 3 rings (SSSR count). The minimum Gasteiger partial charge on any atom is -0.330 e. The summed E-state index contributed by atoms with van der Waals surface area (Å²) in [5, 5.41) is 1.38. The van der Waals surface area contributed by atoms with Crippen LogP contribution in [0.2, 0.25) is 10.0 Å². The van der Waals surface area contributed by atoms with Gasteiger partial charge in [0.1, 0.15) is 0 Å². The Hall–Kier alpha value is -1.03. The molecule has 2 N–H and O–H groups in total. The summed E-state index contributed by atoms with van der Waals surface area (Å²) in [6.07, 6.45) is 8.58. The van der Waals surface area contributed by atoms with E-state index in [-0.39, 0.29) is 0 Å². The van der Waals surface area contributed by atoms with Gasteiger partial charge in [0.25, 0.3) is 0 Å². The van der Waals surface area contributed by atoms with Gasteiger partial charge in [-0.2, -0.15) is 0 Å². The van der Waals surface area contributed by atoms with Crippen LogP contribution < -0.4 is 5.73 Å². The molecule has 0 radical (unpaired) electrons. The van der Waals surface area contributed by atoms with E-state index in [1.807, 2.05) is 24.7 Å². The normalized spacial score (nSPS) is 22.4. The minimum absolute atomic E-state index is 0.399. The van der Waals surface area contributed by atoms with Crippen LogP contribution >= 0.6 is 23.2 Å². The van der Waals surface area contributed by atoms with Crippen LogP contribution in [0.1, 0.15) is 31.7 Å². The van der Waals surface area contributed by atoms with Gasteiger partial charge in [-0.1, -0.05) is 36.0 Å². The molecule has 2 atom stereocenters. The van der Waals surface area contributed by atoms with Gasteiger partial charge in [-0.05, 0) is 43.5 Å². The molecule has 112 valence electrons. The summed E-state index contributed by atoms with van der Waals surface area (Å²) in [6.45, 7) is 0.714. The van der Waals surface area contributed by atoms with Gasteiger partial charge in [-0.15, -0.1) is 0 Å². The number of benzene rings is 1. The summed E-state index contributed by atoms with van der Waals surface area (Å²) < 4.78 is 2.23. The Morgan fingerprint density at radius 1 is 1.24 bits per heavy atom. The second kappa shape index (κ2) is 6.39. The second-order valence-corrected chi connectivity index (χ2v) is 6.50. The standard InChI is InChI=1S/C16H19Cl2N3/c17-12-5-6-14(18)13(7-12)16-9-20-10-21(16)15-4-2-1-3-11(15)8-19/h5-7,9-11,15H,1-4,8,19H2. The van der Waals surface area contributed by atoms with Gasteiger partial charge in [0.15, 0.2) is 0 Å². The molecule has 0 saturated heterocycles. The molecule has 1 fully saturated rings. The van der Waals surface area contributed by atoms with Crippen molar-refractivity contribution in [3.05, 3.63) is 40.8 Å². The molecule has 1 aromatic heterocycles. The van der Waals surface area contributed by atoms with Crippen molar-refractivity contribution in [3.63, 3.8) is 0 Å². The fourth-order valence-electron chi connectivity index (χ4n) is 3.30. The molecular formula is C16H19Cl2N3. The number of rotatable bonds is 3. The number of halogens is 2. The number of hydrogen-bond acceptors (Lipinski definition) is 2. The Morgan fingerprint density at radius 3 is 2.86 bits per heavy atom. The van der Waals surface area contributed by atoms with E-state index in [4.69, 9.17) is 28.9 Å². The van der Waals surface area contributed by atoms with E-state index in [0.29, 0.717) is 28.5 Å². The van der Waals surface area contributed by atoms with Gasteiger partial charge in [0, 0.05) is 16.6 Å². The maximum atomic E-state index is 6.34. The fourth-order valence-corrected chi connectivity index (χ4v) is 3.69. The molecule has 1 aromatic carbocycles. The molecule has 0 amide bonds. The quantitative estimate of drug-likeness (QED) is 0.900. The number of nitrogens with zero attached hydrogens (tertiary/aromatic N) is 2. The molecule has 1 saturated carbocycles. The molecule has 1 aliphatic carbocycles. The maximum absolute atomic E-state index is 6.34. The molecule has 1 heterocycles. The van der Waals surface area contributed by atoms with Crippen LogP contribution in [0.4, 0.5) is 0 Å². The summed E-state index contributed by atoms with van der Waals surface area (Å²) >= 11 is 12.5. The maximum Gasteiger partial charge on any atom is 0.0953 e. The van der Waals surface area contributed by atoms with Gasteiger partial charge in [-0.25, -0.2) is 4.98 Å². The van der Waals surface area contributed by atoms with Crippen molar-refractivity contribution >= 4 is 23.2 Å². The van der Waals surface area contributed by atoms with Crippen LogP contribution in [0.15, 0.2) is 30.7 Å². The van der Waals surface area contributed by atoms with Crippen molar-refractivity contribution in [3.8, 4) is 11.3 Å². The number of imidazole rings is 1. The van der Waals surface area contributed by atoms with E-state index >= 15 is 0 Å². The van der Waals surface area contributed by atoms with E-state index in [1.54, 1.807) is 6.07 Å². The van der Waals surface area contributed by atoms with E-state index in [0.717, 1.165) is 17.7 Å². The molecule has 1 aliphatic rings. The van der Waals surface area contributed by atoms with E-state index < -0.39 is 0 Å². The summed E-state index contributed by atoms with van der Waals surface area (Å²) in [4.78, 5) is 4.33. The zero-order valence-electron chi connectivity index (χ0n) is 11.8. The third-order valence-electron chi connectivity index (χ3n) is 4.40. The average Bonchev–Trinajstić information content (AvgIpc) is 2.98. The highest BCUT2D eigenvalue weighted by molar-refractivity contribution is 6.35. The topological polar surface area (TPSA) is 43.8 Å². The van der Waals surface area contributed by atoms with E-state index in [9.17, 15) is 0 Å². The molecule has 3 nitrogen and oxygen atoms in total. The van der Waals surface area contributed by atoms with Crippen molar-refractivity contribution in [2.24, 2.45) is 11.7 Å². The molecule has 2 aromatic rings. The molecule has 0 bridgehead atoms. The van der Waals surface area contributed by atoms with Crippen LogP contribution in [0.25, 0.3) is 11.3 Å². The van der Waals surface area contributed by atoms with Crippen molar-refractivity contribution in [1.82, 2.24) is 9.55 Å². The van der Waals surface area contributed by atoms with Gasteiger partial charge in [0.05, 0.1) is 23.2 Å². The first-order valence-corrected chi connectivity index (χ1v) is 8.13. The Morgan fingerprint density at radius 2 is 2.05 bits per heavy atom. The van der Waals surface area contributed by atoms with E-state index in [2.05, 4.69) is 9.55 Å². The third kappa shape index (κ3) is 2.96. The lowest BCUT2D eigenvalue weighted by Gasteiger charge is -2.32. The SMILES string of the molecule is NCC1CCCCC1n1cncc1-c1cc(Cl)ccc1Cl. The van der Waals surface area contributed by atoms with Crippen LogP contribution in [0, 0.1) is 5.92 Å². The minimum atomic E-state index is 0.399. The first kappa shape index (κ1) is 14.9. The Balaban J connectivity index is 2.02. The number of hydrogen-bond donors (Lipinski definition) is 1. The van der Waals surface area contributed by atoms with E-state index in [1.165, 1.54) is 19.3 Å². The summed E-state index contributed by atoms with van der Waals surface area (Å²) in [6, 6.07) is 5.93. The summed E-state index contributed by atoms with van der Waals surface area (Å²) in [5.41, 5.74) is 7.92. The zero-order valence-corrected chi connectivity index (χ0v) is 13.3. The van der Waals surface area contributed by atoms with Crippen LogP contribution in [0.3, 0.4) is 0 Å². The lowest BCUT2D eigenvalue weighted by molar-refractivity contribution is 0.246. The molecule has 21 heavy (non-hydrogen) atoms. The van der Waals surface area contributed by atoms with Crippen molar-refractivity contribution in [2.75, 3.05) is 6.54 Å². The second-order valence-electron chi connectivity index (χ2n) is 5.66. The predicted octanol–water partition coefficient (Wildman–Crippen LogP) is 4.55. The lowest BCUT2D eigenvalue weighted by atomic mass is 9.84. The number of nitrogens with two attached hydrogens (primary N) is 1. The average molecular weight is 324 g/mol. The smallest absolute Gasteiger partial charge is 0.0953 e. The Kier molecular flexibility index (Phi) is 4.53. The molecule has 0 aliphatic heterocycles. The zero-order chi connectivity index (χ0) is 14.8. The van der Waals surface area contributed by atoms with Gasteiger partial charge in [0.2, 0.25) is 0 Å². The van der Waals surface area contributed by atoms with Gasteiger partial charge >= 0.3 is 0 Å². The van der Waals surface area contributed by atoms with Crippen LogP contribution in [0.5, 0.6) is 0 Å². The summed E-state index contributed by atoms with van der Waals surface area (Å²) in [7, 11) is 0. The van der Waals surface area contributed by atoms with Gasteiger partial charge < -0.3 is 10.3 Å².